The van der Waals surface area contributed by atoms with Gasteiger partial charge in [0.1, 0.15) is 17.9 Å². The number of carbonyl (C=O) groups excluding carboxylic acids is 2. The monoisotopic (exact) mass is 341 g/mol. The van der Waals surface area contributed by atoms with Crippen LogP contribution < -0.4 is 10.1 Å². The zero-order valence-electron chi connectivity index (χ0n) is 14.6. The van der Waals surface area contributed by atoms with E-state index in [0.717, 1.165) is 19.3 Å². The van der Waals surface area contributed by atoms with Gasteiger partial charge in [-0.05, 0) is 48.9 Å². The van der Waals surface area contributed by atoms with Crippen LogP contribution in [0.15, 0.2) is 24.3 Å². The number of hydrogen-bond acceptors (Lipinski definition) is 4. The van der Waals surface area contributed by atoms with Crippen LogP contribution in [0.4, 0.5) is 4.79 Å². The van der Waals surface area contributed by atoms with E-state index in [2.05, 4.69) is 5.32 Å². The summed E-state index contributed by atoms with van der Waals surface area (Å²) in [4.78, 5) is 26.6. The lowest BCUT2D eigenvalue weighted by molar-refractivity contribution is -0.136. The number of benzene rings is 1. The Morgan fingerprint density at radius 1 is 1.24 bits per heavy atom. The predicted octanol–water partition coefficient (Wildman–Crippen LogP) is 2.68. The Labute approximate surface area is 147 Å². The number of ether oxygens (including phenoxy) is 1. The molecule has 2 unspecified atom stereocenters. The molecule has 1 N–H and O–H groups in total. The van der Waals surface area contributed by atoms with Crippen LogP contribution in [-0.4, -0.2) is 35.5 Å². The molecule has 1 saturated heterocycles. The third-order valence-electron chi connectivity index (χ3n) is 5.55. The van der Waals surface area contributed by atoms with Crippen molar-refractivity contribution in [3.8, 4) is 11.8 Å². The molecule has 1 aliphatic heterocycles. The highest BCUT2D eigenvalue weighted by atomic mass is 16.5. The maximum atomic E-state index is 13.0. The van der Waals surface area contributed by atoms with Gasteiger partial charge in [-0.2, -0.15) is 5.26 Å². The lowest BCUT2D eigenvalue weighted by Gasteiger charge is -2.42. The minimum atomic E-state index is -0.760. The molecule has 1 spiro atoms. The molecule has 1 heterocycles. The van der Waals surface area contributed by atoms with Gasteiger partial charge in [0.2, 0.25) is 0 Å². The Kier molecular flexibility index (Phi) is 4.67. The molecule has 1 saturated carbocycles. The minimum Gasteiger partial charge on any atom is -0.492 e. The van der Waals surface area contributed by atoms with Crippen LogP contribution in [0, 0.1) is 23.2 Å². The summed E-state index contributed by atoms with van der Waals surface area (Å²) in [6.07, 6.45) is 2.99. The molecule has 1 aliphatic carbocycles. The van der Waals surface area contributed by atoms with E-state index in [9.17, 15) is 9.59 Å². The van der Waals surface area contributed by atoms with E-state index in [0.29, 0.717) is 11.3 Å². The van der Waals surface area contributed by atoms with Crippen LogP contribution in [0.3, 0.4) is 0 Å². The van der Waals surface area contributed by atoms with Crippen molar-refractivity contribution in [2.75, 3.05) is 13.2 Å². The minimum absolute atomic E-state index is 0.124. The number of imide groups is 1. The van der Waals surface area contributed by atoms with E-state index in [1.807, 2.05) is 19.9 Å². The van der Waals surface area contributed by atoms with Crippen molar-refractivity contribution in [1.82, 2.24) is 10.2 Å². The van der Waals surface area contributed by atoms with Crippen molar-refractivity contribution < 1.29 is 14.3 Å². The summed E-state index contributed by atoms with van der Waals surface area (Å²) in [5.41, 5.74) is -0.201. The molecule has 2 fully saturated rings. The van der Waals surface area contributed by atoms with Gasteiger partial charge in [-0.3, -0.25) is 9.69 Å². The summed E-state index contributed by atoms with van der Waals surface area (Å²) in [5, 5.41) is 11.8. The van der Waals surface area contributed by atoms with Crippen molar-refractivity contribution in [2.24, 2.45) is 11.8 Å². The van der Waals surface area contributed by atoms with E-state index in [4.69, 9.17) is 10.00 Å². The molecule has 2 atom stereocenters. The zero-order chi connectivity index (χ0) is 18.0. The molecule has 3 amide bonds. The normalized spacial score (nSPS) is 28.8. The van der Waals surface area contributed by atoms with Gasteiger partial charge in [-0.25, -0.2) is 4.79 Å². The van der Waals surface area contributed by atoms with Crippen molar-refractivity contribution in [2.45, 2.75) is 38.6 Å². The predicted molar refractivity (Wildman–Crippen MR) is 91.8 cm³/mol. The van der Waals surface area contributed by atoms with E-state index in [1.165, 1.54) is 4.90 Å². The number of carbonyl (C=O) groups is 2. The standard InChI is InChI=1S/C19H23N3O3/c1-13-4-3-5-14(2)19(13)17(23)22(18(24)21-19)10-11-25-16-8-6-15(12-20)7-9-16/h6-9,13-14H,3-5,10-11H2,1-2H3,(H,21,24). The molecule has 6 nitrogen and oxygen atoms in total. The van der Waals surface area contributed by atoms with Crippen LogP contribution in [0.1, 0.15) is 38.7 Å². The van der Waals surface area contributed by atoms with Crippen molar-refractivity contribution in [1.29, 1.82) is 5.26 Å². The van der Waals surface area contributed by atoms with E-state index < -0.39 is 5.54 Å². The first-order valence-electron chi connectivity index (χ1n) is 8.76. The molecule has 1 aromatic carbocycles. The highest BCUT2D eigenvalue weighted by molar-refractivity contribution is 6.07. The quantitative estimate of drug-likeness (QED) is 0.854. The smallest absolute Gasteiger partial charge is 0.325 e. The molecule has 1 aromatic rings. The molecule has 25 heavy (non-hydrogen) atoms. The molecule has 132 valence electrons. The molecule has 2 aliphatic rings. The van der Waals surface area contributed by atoms with Crippen molar-refractivity contribution in [3.05, 3.63) is 29.8 Å². The lowest BCUT2D eigenvalue weighted by atomic mass is 9.67. The Hall–Kier alpha value is -2.55. The van der Waals surface area contributed by atoms with Gasteiger partial charge in [0, 0.05) is 0 Å². The fraction of sp³-hybridized carbons (Fsp3) is 0.526. The summed E-state index contributed by atoms with van der Waals surface area (Å²) < 4.78 is 5.61. The number of rotatable bonds is 4. The van der Waals surface area contributed by atoms with Crippen LogP contribution in [0.25, 0.3) is 0 Å². The third-order valence-corrected chi connectivity index (χ3v) is 5.55. The fourth-order valence-electron chi connectivity index (χ4n) is 4.04. The SMILES string of the molecule is CC1CCCC(C)C12NC(=O)N(CCOc1ccc(C#N)cc1)C2=O. The first-order chi connectivity index (χ1) is 12.0. The van der Waals surface area contributed by atoms with Crippen LogP contribution in [-0.2, 0) is 4.79 Å². The summed E-state index contributed by atoms with van der Waals surface area (Å²) in [5.74, 6) is 0.759. The van der Waals surface area contributed by atoms with Gasteiger partial charge < -0.3 is 10.1 Å². The highest BCUT2D eigenvalue weighted by Gasteiger charge is 2.58. The first kappa shape index (κ1) is 17.3. The Balaban J connectivity index is 1.64. The largest absolute Gasteiger partial charge is 0.492 e. The average Bonchev–Trinajstić information content (AvgIpc) is 2.86. The summed E-state index contributed by atoms with van der Waals surface area (Å²) in [6, 6.07) is 8.47. The molecule has 6 heteroatoms. The van der Waals surface area contributed by atoms with Gasteiger partial charge in [-0.15, -0.1) is 0 Å². The topological polar surface area (TPSA) is 82.4 Å². The molecule has 0 radical (unpaired) electrons. The number of amides is 3. The zero-order valence-corrected chi connectivity index (χ0v) is 14.6. The van der Waals surface area contributed by atoms with Crippen molar-refractivity contribution in [3.63, 3.8) is 0 Å². The molecule has 0 aromatic heterocycles. The van der Waals surface area contributed by atoms with Gasteiger partial charge in [0.25, 0.3) is 5.91 Å². The second kappa shape index (κ2) is 6.75. The second-order valence-electron chi connectivity index (χ2n) is 6.97. The number of hydrogen-bond donors (Lipinski definition) is 1. The Bertz CT molecular complexity index is 698. The maximum absolute atomic E-state index is 13.0. The second-order valence-corrected chi connectivity index (χ2v) is 6.97. The Morgan fingerprint density at radius 2 is 1.88 bits per heavy atom. The first-order valence-corrected chi connectivity index (χ1v) is 8.76. The maximum Gasteiger partial charge on any atom is 0.325 e. The van der Waals surface area contributed by atoms with Crippen LogP contribution in [0.5, 0.6) is 5.75 Å². The molecule has 3 rings (SSSR count). The molecular formula is C19H23N3O3. The van der Waals surface area contributed by atoms with E-state index in [1.54, 1.807) is 24.3 Å². The summed E-state index contributed by atoms with van der Waals surface area (Å²) in [6.45, 7) is 4.53. The van der Waals surface area contributed by atoms with Gasteiger partial charge in [0.15, 0.2) is 0 Å². The van der Waals surface area contributed by atoms with E-state index in [-0.39, 0.29) is 36.9 Å². The van der Waals surface area contributed by atoms with Crippen LogP contribution >= 0.6 is 0 Å². The third kappa shape index (κ3) is 2.95. The fourth-order valence-corrected chi connectivity index (χ4v) is 4.04. The summed E-state index contributed by atoms with van der Waals surface area (Å²) in [7, 11) is 0. The van der Waals surface area contributed by atoms with Gasteiger partial charge in [0.05, 0.1) is 18.2 Å². The van der Waals surface area contributed by atoms with E-state index >= 15 is 0 Å². The number of nitrogens with zero attached hydrogens (tertiary/aromatic N) is 2. The molecular weight excluding hydrogens is 318 g/mol. The van der Waals surface area contributed by atoms with Gasteiger partial charge in [-0.1, -0.05) is 20.3 Å². The Morgan fingerprint density at radius 3 is 2.48 bits per heavy atom. The number of nitrogens with one attached hydrogen (secondary N) is 1. The van der Waals surface area contributed by atoms with Crippen LogP contribution in [0.2, 0.25) is 0 Å². The summed E-state index contributed by atoms with van der Waals surface area (Å²) >= 11 is 0. The number of nitriles is 1. The van der Waals surface area contributed by atoms with Gasteiger partial charge >= 0.3 is 6.03 Å². The lowest BCUT2D eigenvalue weighted by Crippen LogP contribution is -2.58. The average molecular weight is 341 g/mol. The number of urea groups is 1. The molecule has 0 bridgehead atoms. The van der Waals surface area contributed by atoms with Crippen molar-refractivity contribution >= 4 is 11.9 Å². The highest BCUT2D eigenvalue weighted by Crippen LogP contribution is 2.42.